The first-order valence-electron chi connectivity index (χ1n) is 6.11. The first-order chi connectivity index (χ1) is 9.60. The van der Waals surface area contributed by atoms with Crippen molar-refractivity contribution in [1.82, 2.24) is 20.1 Å². The van der Waals surface area contributed by atoms with Crippen LogP contribution in [0.3, 0.4) is 0 Å². The van der Waals surface area contributed by atoms with Gasteiger partial charge >= 0.3 is 0 Å². The molecule has 0 aliphatic rings. The maximum atomic E-state index is 13.4. The Hall–Kier alpha value is -2.35. The molecule has 2 aromatic rings. The lowest BCUT2D eigenvalue weighted by Crippen LogP contribution is -2.17. The SMILES string of the molecule is CCNCc1ncnn1Cc1cc(F)cc([N+](=O)[O-])c1. The summed E-state index contributed by atoms with van der Waals surface area (Å²) in [6.07, 6.45) is 1.40. The summed E-state index contributed by atoms with van der Waals surface area (Å²) in [7, 11) is 0. The molecule has 1 aromatic carbocycles. The Labute approximate surface area is 114 Å². The Morgan fingerprint density at radius 2 is 2.25 bits per heavy atom. The predicted molar refractivity (Wildman–Crippen MR) is 69.6 cm³/mol. The first-order valence-corrected chi connectivity index (χ1v) is 6.11. The maximum Gasteiger partial charge on any atom is 0.272 e. The number of non-ortho nitro benzene ring substituents is 1. The highest BCUT2D eigenvalue weighted by Gasteiger charge is 2.11. The number of hydrogen-bond donors (Lipinski definition) is 1. The molecule has 7 nitrogen and oxygen atoms in total. The molecule has 0 unspecified atom stereocenters. The fourth-order valence-electron chi connectivity index (χ4n) is 1.80. The molecule has 20 heavy (non-hydrogen) atoms. The summed E-state index contributed by atoms with van der Waals surface area (Å²) in [6.45, 7) is 3.53. The summed E-state index contributed by atoms with van der Waals surface area (Å²) in [5.41, 5.74) is 0.202. The van der Waals surface area contributed by atoms with Crippen molar-refractivity contribution in [3.05, 3.63) is 51.8 Å². The van der Waals surface area contributed by atoms with E-state index < -0.39 is 10.7 Å². The molecule has 8 heteroatoms. The summed E-state index contributed by atoms with van der Waals surface area (Å²) in [5, 5.41) is 17.9. The number of nitrogens with one attached hydrogen (secondary N) is 1. The number of nitrogens with zero attached hydrogens (tertiary/aromatic N) is 4. The number of nitro benzene ring substituents is 1. The molecule has 2 rings (SSSR count). The third-order valence-electron chi connectivity index (χ3n) is 2.71. The monoisotopic (exact) mass is 279 g/mol. The van der Waals surface area contributed by atoms with E-state index in [1.165, 1.54) is 18.5 Å². The highest BCUT2D eigenvalue weighted by atomic mass is 19.1. The van der Waals surface area contributed by atoms with E-state index in [-0.39, 0.29) is 12.2 Å². The zero-order valence-electron chi connectivity index (χ0n) is 10.9. The van der Waals surface area contributed by atoms with E-state index in [0.29, 0.717) is 17.9 Å². The molecule has 0 spiro atoms. The van der Waals surface area contributed by atoms with Gasteiger partial charge in [-0.3, -0.25) is 10.1 Å². The third kappa shape index (κ3) is 3.35. The van der Waals surface area contributed by atoms with Crippen LogP contribution in [0.5, 0.6) is 0 Å². The molecule has 1 aromatic heterocycles. The van der Waals surface area contributed by atoms with Crippen molar-refractivity contribution in [2.24, 2.45) is 0 Å². The first kappa shape index (κ1) is 14.1. The summed E-state index contributed by atoms with van der Waals surface area (Å²) in [5.74, 6) is 0.0568. The van der Waals surface area contributed by atoms with Crippen molar-refractivity contribution in [1.29, 1.82) is 0 Å². The van der Waals surface area contributed by atoms with Gasteiger partial charge in [0.1, 0.15) is 18.0 Å². The molecule has 0 aliphatic carbocycles. The van der Waals surface area contributed by atoms with Crippen LogP contribution in [0.1, 0.15) is 18.3 Å². The van der Waals surface area contributed by atoms with Gasteiger partial charge in [-0.1, -0.05) is 6.92 Å². The summed E-state index contributed by atoms with van der Waals surface area (Å²) >= 11 is 0. The largest absolute Gasteiger partial charge is 0.310 e. The van der Waals surface area contributed by atoms with Crippen LogP contribution in [0.4, 0.5) is 10.1 Å². The normalized spacial score (nSPS) is 10.7. The van der Waals surface area contributed by atoms with Crippen molar-refractivity contribution in [3.8, 4) is 0 Å². The van der Waals surface area contributed by atoms with Crippen LogP contribution in [0.25, 0.3) is 0 Å². The van der Waals surface area contributed by atoms with Gasteiger partial charge in [-0.15, -0.1) is 0 Å². The number of aromatic nitrogens is 3. The van der Waals surface area contributed by atoms with Crippen LogP contribution in [0, 0.1) is 15.9 Å². The average Bonchev–Trinajstić information content (AvgIpc) is 2.83. The second kappa shape index (κ2) is 6.20. The molecule has 0 radical (unpaired) electrons. The minimum atomic E-state index is -0.637. The molecule has 0 atom stereocenters. The topological polar surface area (TPSA) is 85.9 Å². The van der Waals surface area contributed by atoms with Gasteiger partial charge < -0.3 is 5.32 Å². The van der Waals surface area contributed by atoms with E-state index >= 15 is 0 Å². The molecule has 106 valence electrons. The maximum absolute atomic E-state index is 13.4. The van der Waals surface area contributed by atoms with Crippen molar-refractivity contribution in [2.75, 3.05) is 6.54 Å². The van der Waals surface area contributed by atoms with Gasteiger partial charge in [0.05, 0.1) is 24.1 Å². The molecule has 0 saturated carbocycles. The molecule has 0 aliphatic heterocycles. The van der Waals surface area contributed by atoms with Gasteiger partial charge in [-0.2, -0.15) is 5.10 Å². The van der Waals surface area contributed by atoms with Crippen molar-refractivity contribution < 1.29 is 9.31 Å². The number of benzene rings is 1. The van der Waals surface area contributed by atoms with Gasteiger partial charge in [0.15, 0.2) is 0 Å². The highest BCUT2D eigenvalue weighted by Crippen LogP contribution is 2.17. The van der Waals surface area contributed by atoms with Crippen LogP contribution in [0.15, 0.2) is 24.5 Å². The van der Waals surface area contributed by atoms with Gasteiger partial charge in [-0.25, -0.2) is 14.1 Å². The number of nitro groups is 1. The molecule has 0 fully saturated rings. The zero-order valence-corrected chi connectivity index (χ0v) is 10.9. The lowest BCUT2D eigenvalue weighted by atomic mass is 10.2. The molecular formula is C12H14FN5O2. The van der Waals surface area contributed by atoms with Crippen molar-refractivity contribution >= 4 is 5.69 Å². The average molecular weight is 279 g/mol. The Balaban J connectivity index is 2.21. The van der Waals surface area contributed by atoms with Gasteiger partial charge in [0.25, 0.3) is 5.69 Å². The van der Waals surface area contributed by atoms with E-state index in [2.05, 4.69) is 15.4 Å². The van der Waals surface area contributed by atoms with E-state index in [4.69, 9.17) is 0 Å². The summed E-state index contributed by atoms with van der Waals surface area (Å²) < 4.78 is 14.9. The van der Waals surface area contributed by atoms with E-state index in [0.717, 1.165) is 12.6 Å². The van der Waals surface area contributed by atoms with Crippen molar-refractivity contribution in [2.45, 2.75) is 20.0 Å². The van der Waals surface area contributed by atoms with Gasteiger partial charge in [0, 0.05) is 6.07 Å². The van der Waals surface area contributed by atoms with E-state index in [9.17, 15) is 14.5 Å². The lowest BCUT2D eigenvalue weighted by Gasteiger charge is -2.06. The molecule has 0 bridgehead atoms. The Morgan fingerprint density at radius 3 is 2.95 bits per heavy atom. The van der Waals surface area contributed by atoms with Crippen LogP contribution in [-0.2, 0) is 13.1 Å². The molecule has 1 heterocycles. The number of rotatable bonds is 6. The number of hydrogen-bond acceptors (Lipinski definition) is 5. The Morgan fingerprint density at radius 1 is 1.45 bits per heavy atom. The van der Waals surface area contributed by atoms with E-state index in [1.54, 1.807) is 4.68 Å². The zero-order chi connectivity index (χ0) is 14.5. The van der Waals surface area contributed by atoms with Crippen LogP contribution in [-0.4, -0.2) is 26.2 Å². The summed E-state index contributed by atoms with van der Waals surface area (Å²) in [6, 6.07) is 3.48. The Kier molecular flexibility index (Phi) is 4.36. The molecule has 0 saturated heterocycles. The molecular weight excluding hydrogens is 265 g/mol. The van der Waals surface area contributed by atoms with Gasteiger partial charge in [-0.05, 0) is 18.2 Å². The highest BCUT2D eigenvalue weighted by molar-refractivity contribution is 5.35. The lowest BCUT2D eigenvalue weighted by molar-refractivity contribution is -0.385. The van der Waals surface area contributed by atoms with E-state index in [1.807, 2.05) is 6.92 Å². The van der Waals surface area contributed by atoms with Crippen LogP contribution < -0.4 is 5.32 Å². The number of halogens is 1. The standard InChI is InChI=1S/C12H14FN5O2/c1-2-14-6-12-15-8-16-17(12)7-9-3-10(13)5-11(4-9)18(19)20/h3-5,8,14H,2,6-7H2,1H3. The molecule has 1 N–H and O–H groups in total. The van der Waals surface area contributed by atoms with Crippen LogP contribution >= 0.6 is 0 Å². The minimum absolute atomic E-state index is 0.235. The minimum Gasteiger partial charge on any atom is -0.310 e. The fourth-order valence-corrected chi connectivity index (χ4v) is 1.80. The van der Waals surface area contributed by atoms with Crippen molar-refractivity contribution in [3.63, 3.8) is 0 Å². The predicted octanol–water partition coefficient (Wildman–Crippen LogP) is 1.48. The second-order valence-corrected chi connectivity index (χ2v) is 4.19. The fraction of sp³-hybridized carbons (Fsp3) is 0.333. The van der Waals surface area contributed by atoms with Gasteiger partial charge in [0.2, 0.25) is 0 Å². The quantitative estimate of drug-likeness (QED) is 0.639. The molecule has 0 amide bonds. The Bertz CT molecular complexity index is 614. The van der Waals surface area contributed by atoms with Crippen LogP contribution in [0.2, 0.25) is 0 Å². The second-order valence-electron chi connectivity index (χ2n) is 4.19. The summed E-state index contributed by atoms with van der Waals surface area (Å²) in [4.78, 5) is 14.2. The smallest absolute Gasteiger partial charge is 0.272 e. The third-order valence-corrected chi connectivity index (χ3v) is 2.71.